The van der Waals surface area contributed by atoms with Gasteiger partial charge in [-0.2, -0.15) is 0 Å². The van der Waals surface area contributed by atoms with E-state index in [2.05, 4.69) is 61.3 Å². The molecule has 2 atom stereocenters. The number of hydrogen-bond acceptors (Lipinski definition) is 2. The molecule has 0 aromatic heterocycles. The molecule has 1 aromatic rings. The fourth-order valence-electron chi connectivity index (χ4n) is 3.43. The fraction of sp³-hybridized carbons (Fsp3) is 0.529. The number of nitrogens with zero attached hydrogens (tertiary/aromatic N) is 2. The third-order valence-corrected chi connectivity index (χ3v) is 4.74. The second-order valence-electron chi connectivity index (χ2n) is 6.15. The molecule has 2 heterocycles. The Balaban J connectivity index is 1.86. The van der Waals surface area contributed by atoms with E-state index in [-0.39, 0.29) is 0 Å². The van der Waals surface area contributed by atoms with Gasteiger partial charge in [0.2, 0.25) is 0 Å². The molecule has 0 spiro atoms. The van der Waals surface area contributed by atoms with Crippen LogP contribution in [0.1, 0.15) is 31.2 Å². The van der Waals surface area contributed by atoms with E-state index in [9.17, 15) is 0 Å². The average molecular weight is 256 g/mol. The molecule has 2 heteroatoms. The number of likely N-dealkylation sites (N-methyl/N-ethyl adjacent to an activating group) is 1. The maximum atomic E-state index is 2.57. The Bertz CT molecular complexity index is 473. The van der Waals surface area contributed by atoms with Crippen LogP contribution in [-0.4, -0.2) is 38.1 Å². The number of rotatable bonds is 2. The zero-order valence-corrected chi connectivity index (χ0v) is 12.3. The molecule has 0 amide bonds. The molecule has 2 nitrogen and oxygen atoms in total. The molecule has 2 bridgehead atoms. The third-order valence-electron chi connectivity index (χ3n) is 4.74. The normalized spacial score (nSPS) is 27.0. The Morgan fingerprint density at radius 2 is 1.84 bits per heavy atom. The highest BCUT2D eigenvalue weighted by molar-refractivity contribution is 5.69. The number of hydrogen-bond donors (Lipinski definition) is 0. The summed E-state index contributed by atoms with van der Waals surface area (Å²) in [5.41, 5.74) is 4.24. The lowest BCUT2D eigenvalue weighted by atomic mass is 9.83. The van der Waals surface area contributed by atoms with Crippen LogP contribution in [0, 0.1) is 0 Å². The fourth-order valence-corrected chi connectivity index (χ4v) is 3.43. The van der Waals surface area contributed by atoms with Crippen molar-refractivity contribution in [3.05, 3.63) is 35.9 Å². The highest BCUT2D eigenvalue weighted by atomic mass is 15.2. The molecule has 2 unspecified atom stereocenters. The van der Waals surface area contributed by atoms with Crippen molar-refractivity contribution in [2.75, 3.05) is 26.0 Å². The Hall–Kier alpha value is -1.28. The molecular weight excluding hydrogens is 232 g/mol. The molecule has 1 saturated heterocycles. The highest BCUT2D eigenvalue weighted by Crippen LogP contribution is 2.36. The molecule has 102 valence electrons. The minimum Gasteiger partial charge on any atom is -0.378 e. The summed E-state index contributed by atoms with van der Waals surface area (Å²) in [4.78, 5) is 4.72. The number of benzene rings is 1. The van der Waals surface area contributed by atoms with Crippen LogP contribution in [0.5, 0.6) is 0 Å². The van der Waals surface area contributed by atoms with Crippen LogP contribution in [-0.2, 0) is 0 Å². The van der Waals surface area contributed by atoms with Gasteiger partial charge >= 0.3 is 0 Å². The third kappa shape index (κ3) is 2.42. The zero-order valence-electron chi connectivity index (χ0n) is 12.3. The molecule has 3 rings (SSSR count). The second kappa shape index (κ2) is 5.01. The predicted octanol–water partition coefficient (Wildman–Crippen LogP) is 3.39. The summed E-state index contributed by atoms with van der Waals surface area (Å²) in [5.74, 6) is 0. The van der Waals surface area contributed by atoms with E-state index < -0.39 is 0 Å². The number of piperidine rings is 1. The number of fused-ring (bicyclic) bond motifs is 2. The first kappa shape index (κ1) is 12.7. The molecule has 0 radical (unpaired) electrons. The van der Waals surface area contributed by atoms with Gasteiger partial charge in [0.15, 0.2) is 0 Å². The van der Waals surface area contributed by atoms with Crippen LogP contribution in [0.3, 0.4) is 0 Å². The van der Waals surface area contributed by atoms with Crippen molar-refractivity contribution >= 4 is 11.3 Å². The lowest BCUT2D eigenvalue weighted by Crippen LogP contribution is -2.45. The van der Waals surface area contributed by atoms with Gasteiger partial charge in [0, 0.05) is 31.9 Å². The van der Waals surface area contributed by atoms with Crippen LogP contribution in [0.15, 0.2) is 30.3 Å². The zero-order chi connectivity index (χ0) is 13.4. The molecule has 0 N–H and O–H groups in total. The largest absolute Gasteiger partial charge is 0.378 e. The van der Waals surface area contributed by atoms with Gasteiger partial charge < -0.3 is 4.90 Å². The van der Waals surface area contributed by atoms with Crippen molar-refractivity contribution in [2.45, 2.75) is 37.8 Å². The average Bonchev–Trinajstić information content (AvgIpc) is 2.38. The van der Waals surface area contributed by atoms with E-state index >= 15 is 0 Å². The van der Waals surface area contributed by atoms with Crippen LogP contribution >= 0.6 is 0 Å². The van der Waals surface area contributed by atoms with Crippen LogP contribution in [0.4, 0.5) is 5.69 Å². The minimum atomic E-state index is 0.663. The van der Waals surface area contributed by atoms with E-state index in [4.69, 9.17) is 0 Å². The molecule has 1 aromatic carbocycles. The smallest absolute Gasteiger partial charge is 0.0361 e. The standard InChI is InChI=1S/C17H24N2/c1-18(2)15-9-7-13(8-10-15)14-11-16-5-4-6-17(12-14)19(16)3/h7-11,16-17H,4-6,12H2,1-3H3. The van der Waals surface area contributed by atoms with Crippen molar-refractivity contribution in [1.82, 2.24) is 4.90 Å². The summed E-state index contributed by atoms with van der Waals surface area (Å²) in [7, 11) is 6.47. The Labute approximate surface area is 116 Å². The monoisotopic (exact) mass is 256 g/mol. The van der Waals surface area contributed by atoms with Crippen LogP contribution in [0.25, 0.3) is 5.57 Å². The molecule has 0 aliphatic carbocycles. The van der Waals surface area contributed by atoms with Gasteiger partial charge in [-0.1, -0.05) is 24.6 Å². The van der Waals surface area contributed by atoms with Crippen molar-refractivity contribution in [3.63, 3.8) is 0 Å². The topological polar surface area (TPSA) is 6.48 Å². The Kier molecular flexibility index (Phi) is 3.36. The van der Waals surface area contributed by atoms with Gasteiger partial charge in [-0.05, 0) is 49.6 Å². The molecule has 2 aliphatic rings. The van der Waals surface area contributed by atoms with Crippen molar-refractivity contribution in [2.24, 2.45) is 0 Å². The maximum Gasteiger partial charge on any atom is 0.0361 e. The first-order chi connectivity index (χ1) is 9.15. The molecule has 19 heavy (non-hydrogen) atoms. The summed E-state index contributed by atoms with van der Waals surface area (Å²) in [6, 6.07) is 10.4. The van der Waals surface area contributed by atoms with Crippen LogP contribution < -0.4 is 4.90 Å². The van der Waals surface area contributed by atoms with E-state index in [0.29, 0.717) is 6.04 Å². The Morgan fingerprint density at radius 1 is 1.11 bits per heavy atom. The SMILES string of the molecule is CN(C)c1ccc(C2=CC3CCCC(C2)N3C)cc1. The summed E-state index contributed by atoms with van der Waals surface area (Å²) < 4.78 is 0. The van der Waals surface area contributed by atoms with Gasteiger partial charge in [-0.15, -0.1) is 0 Å². The quantitative estimate of drug-likeness (QED) is 0.800. The summed E-state index contributed by atoms with van der Waals surface area (Å²) in [5, 5.41) is 0. The van der Waals surface area contributed by atoms with E-state index in [1.165, 1.54) is 36.9 Å². The lowest BCUT2D eigenvalue weighted by Gasteiger charge is -2.42. The summed E-state index contributed by atoms with van der Waals surface area (Å²) >= 11 is 0. The molecular formula is C17H24N2. The first-order valence-electron chi connectivity index (χ1n) is 7.35. The van der Waals surface area contributed by atoms with Gasteiger partial charge in [-0.25, -0.2) is 0 Å². The molecule has 0 saturated carbocycles. The van der Waals surface area contributed by atoms with Crippen molar-refractivity contribution in [3.8, 4) is 0 Å². The minimum absolute atomic E-state index is 0.663. The van der Waals surface area contributed by atoms with Crippen molar-refractivity contribution in [1.29, 1.82) is 0 Å². The highest BCUT2D eigenvalue weighted by Gasteiger charge is 2.31. The van der Waals surface area contributed by atoms with Gasteiger partial charge in [0.05, 0.1) is 0 Å². The Morgan fingerprint density at radius 3 is 2.47 bits per heavy atom. The summed E-state index contributed by atoms with van der Waals surface area (Å²) in [6.07, 6.45) is 7.80. The van der Waals surface area contributed by atoms with Gasteiger partial charge in [0.1, 0.15) is 0 Å². The predicted molar refractivity (Wildman–Crippen MR) is 82.6 cm³/mol. The second-order valence-corrected chi connectivity index (χ2v) is 6.15. The maximum absolute atomic E-state index is 2.57. The number of anilines is 1. The first-order valence-corrected chi connectivity index (χ1v) is 7.35. The molecule has 1 fully saturated rings. The lowest BCUT2D eigenvalue weighted by molar-refractivity contribution is 0.137. The van der Waals surface area contributed by atoms with E-state index in [0.717, 1.165) is 6.04 Å². The molecule has 2 aliphatic heterocycles. The summed E-state index contributed by atoms with van der Waals surface area (Å²) in [6.45, 7) is 0. The van der Waals surface area contributed by atoms with Gasteiger partial charge in [0.25, 0.3) is 0 Å². The van der Waals surface area contributed by atoms with Crippen LogP contribution in [0.2, 0.25) is 0 Å². The van der Waals surface area contributed by atoms with E-state index in [1.54, 1.807) is 5.57 Å². The van der Waals surface area contributed by atoms with E-state index in [1.807, 2.05) is 0 Å². The van der Waals surface area contributed by atoms with Gasteiger partial charge in [-0.3, -0.25) is 4.90 Å². The van der Waals surface area contributed by atoms with Crippen molar-refractivity contribution < 1.29 is 0 Å².